The number of nitriles is 1. The number of thiophene rings is 1. The molecule has 258 valence electrons. The fourth-order valence-electron chi connectivity index (χ4n) is 5.79. The van der Waals surface area contributed by atoms with Gasteiger partial charge in [0.05, 0.1) is 10.8 Å². The SMILES string of the molecule is CCC(Sc1cccc(NC(=O)/C(=C\c2c(Cl)cccc2Cl)NC(=O)c2ccccc2)c1)C(=O)Nc1sc2c(c1C#N)CCC(C(C)(C)C)C2. The maximum Gasteiger partial charge on any atom is 0.272 e. The van der Waals surface area contributed by atoms with Crippen LogP contribution in [0.1, 0.15) is 72.5 Å². The van der Waals surface area contributed by atoms with Gasteiger partial charge in [-0.1, -0.05) is 81.2 Å². The van der Waals surface area contributed by atoms with Crippen LogP contribution < -0.4 is 16.0 Å². The highest BCUT2D eigenvalue weighted by atomic mass is 35.5. The van der Waals surface area contributed by atoms with E-state index >= 15 is 0 Å². The highest BCUT2D eigenvalue weighted by Gasteiger charge is 2.33. The minimum atomic E-state index is -0.586. The Morgan fingerprint density at radius 2 is 1.72 bits per heavy atom. The van der Waals surface area contributed by atoms with Crippen molar-refractivity contribution in [1.29, 1.82) is 5.26 Å². The summed E-state index contributed by atoms with van der Waals surface area (Å²) in [5.74, 6) is -0.719. The molecule has 1 aliphatic rings. The molecule has 5 rings (SSSR count). The summed E-state index contributed by atoms with van der Waals surface area (Å²) in [5, 5.41) is 19.4. The molecule has 4 aromatic rings. The average molecular weight is 746 g/mol. The zero-order chi connectivity index (χ0) is 36.0. The predicted octanol–water partition coefficient (Wildman–Crippen LogP) is 10.00. The van der Waals surface area contributed by atoms with E-state index < -0.39 is 17.1 Å². The highest BCUT2D eigenvalue weighted by Crippen LogP contribution is 2.44. The molecule has 11 heteroatoms. The molecule has 2 unspecified atom stereocenters. The number of hydrogen-bond acceptors (Lipinski definition) is 6. The van der Waals surface area contributed by atoms with Gasteiger partial charge in [0.25, 0.3) is 11.8 Å². The van der Waals surface area contributed by atoms with E-state index in [9.17, 15) is 19.6 Å². The van der Waals surface area contributed by atoms with Gasteiger partial charge in [0.15, 0.2) is 0 Å². The molecule has 3 N–H and O–H groups in total. The first-order chi connectivity index (χ1) is 23.9. The minimum absolute atomic E-state index is 0.0570. The lowest BCUT2D eigenvalue weighted by Gasteiger charge is -2.33. The lowest BCUT2D eigenvalue weighted by atomic mass is 9.72. The molecule has 2 atom stereocenters. The van der Waals surface area contributed by atoms with Gasteiger partial charge in [-0.15, -0.1) is 23.1 Å². The summed E-state index contributed by atoms with van der Waals surface area (Å²) < 4.78 is 0. The largest absolute Gasteiger partial charge is 0.321 e. The Bertz CT molecular complexity index is 1960. The zero-order valence-electron chi connectivity index (χ0n) is 28.2. The van der Waals surface area contributed by atoms with Crippen LogP contribution in [-0.4, -0.2) is 23.0 Å². The summed E-state index contributed by atoms with van der Waals surface area (Å²) in [6.07, 6.45) is 4.77. The van der Waals surface area contributed by atoms with Crippen molar-refractivity contribution in [3.05, 3.63) is 116 Å². The molecule has 0 fully saturated rings. The van der Waals surface area contributed by atoms with Crippen LogP contribution in [0.15, 0.2) is 83.4 Å². The molecule has 1 aliphatic carbocycles. The molecule has 3 aromatic carbocycles. The lowest BCUT2D eigenvalue weighted by molar-refractivity contribution is -0.116. The van der Waals surface area contributed by atoms with Gasteiger partial charge in [-0.25, -0.2) is 0 Å². The Morgan fingerprint density at radius 3 is 2.38 bits per heavy atom. The van der Waals surface area contributed by atoms with E-state index in [0.717, 1.165) is 29.7 Å². The van der Waals surface area contributed by atoms with Crippen LogP contribution in [0.4, 0.5) is 10.7 Å². The molecule has 0 spiro atoms. The topological polar surface area (TPSA) is 111 Å². The van der Waals surface area contributed by atoms with Gasteiger partial charge in [0, 0.05) is 36.6 Å². The molecular formula is C39H38Cl2N4O3S2. The van der Waals surface area contributed by atoms with Gasteiger partial charge in [0.2, 0.25) is 5.91 Å². The first-order valence-electron chi connectivity index (χ1n) is 16.3. The van der Waals surface area contributed by atoms with E-state index in [2.05, 4.69) is 42.8 Å². The predicted molar refractivity (Wildman–Crippen MR) is 206 cm³/mol. The van der Waals surface area contributed by atoms with Crippen molar-refractivity contribution in [2.45, 2.75) is 63.5 Å². The van der Waals surface area contributed by atoms with Gasteiger partial charge in [-0.3, -0.25) is 14.4 Å². The highest BCUT2D eigenvalue weighted by molar-refractivity contribution is 8.00. The molecule has 7 nitrogen and oxygen atoms in total. The molecule has 0 saturated heterocycles. The number of rotatable bonds is 10. The molecular weight excluding hydrogens is 707 g/mol. The summed E-state index contributed by atoms with van der Waals surface area (Å²) in [6.45, 7) is 8.70. The quantitative estimate of drug-likeness (QED) is 0.111. The lowest BCUT2D eigenvalue weighted by Crippen LogP contribution is -2.30. The van der Waals surface area contributed by atoms with Crippen molar-refractivity contribution in [2.24, 2.45) is 11.3 Å². The van der Waals surface area contributed by atoms with Gasteiger partial charge in [-0.05, 0) is 91.1 Å². The first-order valence-corrected chi connectivity index (χ1v) is 18.8. The second kappa shape index (κ2) is 16.3. The molecule has 1 heterocycles. The van der Waals surface area contributed by atoms with Crippen molar-refractivity contribution in [2.75, 3.05) is 10.6 Å². The van der Waals surface area contributed by atoms with E-state index in [-0.39, 0.29) is 17.0 Å². The molecule has 0 aliphatic heterocycles. The van der Waals surface area contributed by atoms with Gasteiger partial charge in [0.1, 0.15) is 16.8 Å². The van der Waals surface area contributed by atoms with E-state index in [1.165, 1.54) is 34.1 Å². The second-order valence-corrected chi connectivity index (χ2v) is 16.3. The zero-order valence-corrected chi connectivity index (χ0v) is 31.4. The number of nitrogens with one attached hydrogen (secondary N) is 3. The number of carbonyl (C=O) groups is 3. The van der Waals surface area contributed by atoms with E-state index in [0.29, 0.717) is 49.8 Å². The smallest absolute Gasteiger partial charge is 0.272 e. The molecule has 0 radical (unpaired) electrons. The number of nitrogens with zero attached hydrogens (tertiary/aromatic N) is 1. The third kappa shape index (κ3) is 8.98. The third-order valence-electron chi connectivity index (χ3n) is 8.69. The summed E-state index contributed by atoms with van der Waals surface area (Å²) in [6, 6.07) is 23.0. The Morgan fingerprint density at radius 1 is 1.02 bits per heavy atom. The maximum absolute atomic E-state index is 13.7. The maximum atomic E-state index is 13.7. The van der Waals surface area contributed by atoms with Crippen LogP contribution in [0.2, 0.25) is 10.0 Å². The van der Waals surface area contributed by atoms with Crippen LogP contribution >= 0.6 is 46.3 Å². The van der Waals surface area contributed by atoms with Crippen LogP contribution in [0.5, 0.6) is 0 Å². The molecule has 3 amide bonds. The number of thioether (sulfide) groups is 1. The number of amides is 3. The molecule has 1 aromatic heterocycles. The second-order valence-electron chi connectivity index (χ2n) is 13.1. The Labute approximate surface area is 311 Å². The molecule has 0 saturated carbocycles. The first kappa shape index (κ1) is 37.2. The summed E-state index contributed by atoms with van der Waals surface area (Å²) in [7, 11) is 0. The molecule has 50 heavy (non-hydrogen) atoms. The normalized spacial score (nSPS) is 15.0. The van der Waals surface area contributed by atoms with Gasteiger partial charge < -0.3 is 16.0 Å². The van der Waals surface area contributed by atoms with E-state index in [1.54, 1.807) is 66.7 Å². The van der Waals surface area contributed by atoms with E-state index in [4.69, 9.17) is 23.2 Å². The number of anilines is 2. The van der Waals surface area contributed by atoms with Crippen molar-refractivity contribution < 1.29 is 14.4 Å². The monoisotopic (exact) mass is 744 g/mol. The number of benzene rings is 3. The number of fused-ring (bicyclic) bond motifs is 1. The van der Waals surface area contributed by atoms with Gasteiger partial charge in [-0.2, -0.15) is 5.26 Å². The minimum Gasteiger partial charge on any atom is -0.321 e. The number of carbonyl (C=O) groups excluding carboxylic acids is 3. The van der Waals surface area contributed by atoms with Crippen molar-refractivity contribution in [1.82, 2.24) is 5.32 Å². The van der Waals surface area contributed by atoms with Crippen molar-refractivity contribution in [3.8, 4) is 6.07 Å². The summed E-state index contributed by atoms with van der Waals surface area (Å²) >= 11 is 15.7. The number of halogens is 2. The number of hydrogen-bond donors (Lipinski definition) is 3. The average Bonchev–Trinajstić information content (AvgIpc) is 3.44. The Hall–Kier alpha value is -4.07. The molecule has 0 bridgehead atoms. The summed E-state index contributed by atoms with van der Waals surface area (Å²) in [5.41, 5.74) is 2.99. The third-order valence-corrected chi connectivity index (χ3v) is 11.9. The van der Waals surface area contributed by atoms with Crippen molar-refractivity contribution in [3.63, 3.8) is 0 Å². The summed E-state index contributed by atoms with van der Waals surface area (Å²) in [4.78, 5) is 42.3. The van der Waals surface area contributed by atoms with Crippen LogP contribution in [0.25, 0.3) is 6.08 Å². The van der Waals surface area contributed by atoms with Crippen LogP contribution in [-0.2, 0) is 22.4 Å². The standard InChI is InChI=1S/C39H38Cl2N4O3S2/c1-5-33(37(48)45-38-29(22-42)27-18-17-24(39(2,3)4)19-34(27)50-38)49-26-14-9-13-25(20-26)43-36(47)32(21-28-30(40)15-10-16-31(28)41)44-35(46)23-11-7-6-8-12-23/h6-16,20-21,24,33H,5,17-19H2,1-4H3,(H,43,47)(H,44,46)(H,45,48)/b32-21+. The fourth-order valence-corrected chi connectivity index (χ4v) is 8.59. The van der Waals surface area contributed by atoms with Crippen LogP contribution in [0, 0.1) is 22.7 Å². The Balaban J connectivity index is 1.32. The van der Waals surface area contributed by atoms with Gasteiger partial charge >= 0.3 is 0 Å². The van der Waals surface area contributed by atoms with E-state index in [1.807, 2.05) is 13.0 Å². The van der Waals surface area contributed by atoms with Crippen LogP contribution in [0.3, 0.4) is 0 Å². The van der Waals surface area contributed by atoms with Crippen molar-refractivity contribution >= 4 is 80.8 Å². The Kier molecular flexibility index (Phi) is 12.1. The fraction of sp³-hybridized carbons (Fsp3) is 0.282.